The number of carbonyl (C=O) groups excluding carboxylic acids is 1. The highest BCUT2D eigenvalue weighted by Crippen LogP contribution is 2.30. The van der Waals surface area contributed by atoms with Gasteiger partial charge in [-0.15, -0.1) is 5.10 Å². The van der Waals surface area contributed by atoms with Gasteiger partial charge in [-0.25, -0.2) is 4.68 Å². The molecule has 0 aromatic carbocycles. The van der Waals surface area contributed by atoms with Crippen LogP contribution < -0.4 is 0 Å². The van der Waals surface area contributed by atoms with E-state index in [1.165, 1.54) is 0 Å². The lowest BCUT2D eigenvalue weighted by molar-refractivity contribution is -0.144. The van der Waals surface area contributed by atoms with Crippen molar-refractivity contribution in [2.24, 2.45) is 0 Å². The molecule has 0 bridgehead atoms. The van der Waals surface area contributed by atoms with Gasteiger partial charge in [-0.05, 0) is 6.92 Å². The van der Waals surface area contributed by atoms with E-state index in [0.717, 1.165) is 0 Å². The summed E-state index contributed by atoms with van der Waals surface area (Å²) in [6.07, 6.45) is -4.61. The molecule has 15 heavy (non-hydrogen) atoms. The lowest BCUT2D eigenvalue weighted by Gasteiger charge is -2.09. The summed E-state index contributed by atoms with van der Waals surface area (Å²) >= 11 is 0. The molecule has 0 aliphatic heterocycles. The zero-order chi connectivity index (χ0) is 11.6. The summed E-state index contributed by atoms with van der Waals surface area (Å²) in [5.41, 5.74) is -1.35. The van der Waals surface area contributed by atoms with Crippen molar-refractivity contribution in [3.05, 3.63) is 23.5 Å². The SMILES string of the molecule is C=C(C)Cn1nnc(C=O)c1C(F)(F)F. The molecular weight excluding hydrogens is 211 g/mol. The molecule has 0 atom stereocenters. The number of nitrogens with zero attached hydrogens (tertiary/aromatic N) is 3. The Morgan fingerprint density at radius 3 is 2.60 bits per heavy atom. The fourth-order valence-corrected chi connectivity index (χ4v) is 1.06. The summed E-state index contributed by atoms with van der Waals surface area (Å²) in [6.45, 7) is 4.91. The van der Waals surface area contributed by atoms with Crippen molar-refractivity contribution < 1.29 is 18.0 Å². The van der Waals surface area contributed by atoms with Crippen LogP contribution in [0.3, 0.4) is 0 Å². The number of allylic oxidation sites excluding steroid dienone is 1. The molecule has 0 aliphatic carbocycles. The maximum atomic E-state index is 12.5. The number of aromatic nitrogens is 3. The van der Waals surface area contributed by atoms with Crippen molar-refractivity contribution in [1.29, 1.82) is 0 Å². The molecule has 1 aromatic heterocycles. The average molecular weight is 219 g/mol. The third-order valence-corrected chi connectivity index (χ3v) is 1.56. The van der Waals surface area contributed by atoms with Gasteiger partial charge in [0, 0.05) is 0 Å². The number of carbonyl (C=O) groups is 1. The van der Waals surface area contributed by atoms with Crippen molar-refractivity contribution >= 4 is 6.29 Å². The maximum Gasteiger partial charge on any atom is 0.435 e. The zero-order valence-corrected chi connectivity index (χ0v) is 7.88. The number of rotatable bonds is 3. The standard InChI is InChI=1S/C8H8F3N3O/c1-5(2)3-14-7(8(9,10)11)6(4-15)12-13-14/h4H,1,3H2,2H3. The first-order chi connectivity index (χ1) is 6.86. The smallest absolute Gasteiger partial charge is 0.296 e. The quantitative estimate of drug-likeness (QED) is 0.574. The topological polar surface area (TPSA) is 47.8 Å². The van der Waals surface area contributed by atoms with Crippen LogP contribution >= 0.6 is 0 Å². The molecule has 1 heterocycles. The van der Waals surface area contributed by atoms with E-state index in [1.54, 1.807) is 6.92 Å². The Morgan fingerprint density at radius 1 is 1.60 bits per heavy atom. The summed E-state index contributed by atoms with van der Waals surface area (Å²) in [4.78, 5) is 10.3. The normalized spacial score (nSPS) is 11.5. The summed E-state index contributed by atoms with van der Waals surface area (Å²) < 4.78 is 38.1. The lowest BCUT2D eigenvalue weighted by Crippen LogP contribution is -2.17. The fraction of sp³-hybridized carbons (Fsp3) is 0.375. The van der Waals surface area contributed by atoms with Gasteiger partial charge < -0.3 is 0 Å². The largest absolute Gasteiger partial charge is 0.435 e. The van der Waals surface area contributed by atoms with Crippen LogP contribution in [0.1, 0.15) is 23.1 Å². The van der Waals surface area contributed by atoms with Gasteiger partial charge in [0.2, 0.25) is 0 Å². The molecular formula is C8H8F3N3O. The second-order valence-corrected chi connectivity index (χ2v) is 3.05. The van der Waals surface area contributed by atoms with Crippen molar-refractivity contribution in [3.63, 3.8) is 0 Å². The van der Waals surface area contributed by atoms with Crippen LogP contribution in [0.5, 0.6) is 0 Å². The third-order valence-electron chi connectivity index (χ3n) is 1.56. The van der Waals surface area contributed by atoms with Crippen LogP contribution in [0.25, 0.3) is 0 Å². The van der Waals surface area contributed by atoms with Gasteiger partial charge in [-0.2, -0.15) is 13.2 Å². The number of halogens is 3. The highest BCUT2D eigenvalue weighted by atomic mass is 19.4. The molecule has 0 spiro atoms. The number of hydrogen-bond donors (Lipinski definition) is 0. The summed E-state index contributed by atoms with van der Waals surface area (Å²) in [7, 11) is 0. The Kier molecular flexibility index (Phi) is 2.92. The van der Waals surface area contributed by atoms with Crippen LogP contribution in [-0.2, 0) is 12.7 Å². The molecule has 0 amide bonds. The molecule has 0 saturated carbocycles. The minimum atomic E-state index is -4.64. The minimum absolute atomic E-state index is 0.0325. The van der Waals surface area contributed by atoms with E-state index < -0.39 is 17.6 Å². The Balaban J connectivity index is 3.23. The van der Waals surface area contributed by atoms with E-state index in [1.807, 2.05) is 0 Å². The molecule has 1 aromatic rings. The molecule has 0 aliphatic rings. The minimum Gasteiger partial charge on any atom is -0.296 e. The predicted octanol–water partition coefficient (Wildman–Crippen LogP) is 1.69. The first kappa shape index (κ1) is 11.4. The van der Waals surface area contributed by atoms with Crippen LogP contribution in [0.15, 0.2) is 12.2 Å². The van der Waals surface area contributed by atoms with Gasteiger partial charge in [0.25, 0.3) is 0 Å². The molecule has 4 nitrogen and oxygen atoms in total. The summed E-state index contributed by atoms with van der Waals surface area (Å²) in [5, 5.41) is 6.39. The third kappa shape index (κ3) is 2.42. The Morgan fingerprint density at radius 2 is 2.20 bits per heavy atom. The van der Waals surface area contributed by atoms with Crippen molar-refractivity contribution in [2.75, 3.05) is 0 Å². The van der Waals surface area contributed by atoms with Crippen LogP contribution in [0.4, 0.5) is 13.2 Å². The van der Waals surface area contributed by atoms with Gasteiger partial charge >= 0.3 is 6.18 Å². The van der Waals surface area contributed by atoms with E-state index in [0.29, 0.717) is 10.3 Å². The second kappa shape index (κ2) is 3.84. The molecule has 1 rings (SSSR count). The van der Waals surface area contributed by atoms with Crippen LogP contribution in [-0.4, -0.2) is 21.3 Å². The molecule has 0 N–H and O–H groups in total. The van der Waals surface area contributed by atoms with Crippen molar-refractivity contribution in [3.8, 4) is 0 Å². The monoisotopic (exact) mass is 219 g/mol. The summed E-state index contributed by atoms with van der Waals surface area (Å²) in [5.74, 6) is 0. The van der Waals surface area contributed by atoms with Crippen molar-refractivity contribution in [1.82, 2.24) is 15.0 Å². The molecule has 7 heteroatoms. The molecule has 0 unspecified atom stereocenters. The second-order valence-electron chi connectivity index (χ2n) is 3.05. The Bertz CT molecular complexity index is 394. The Hall–Kier alpha value is -1.66. The number of alkyl halides is 3. The fourth-order valence-electron chi connectivity index (χ4n) is 1.06. The summed E-state index contributed by atoms with van der Waals surface area (Å²) in [6, 6.07) is 0. The van der Waals surface area contributed by atoms with Gasteiger partial charge in [0.05, 0.1) is 6.54 Å². The van der Waals surface area contributed by atoms with Crippen molar-refractivity contribution in [2.45, 2.75) is 19.6 Å². The predicted molar refractivity (Wildman–Crippen MR) is 45.2 cm³/mol. The molecule has 0 fully saturated rings. The molecule has 0 radical (unpaired) electrons. The van der Waals surface area contributed by atoms with Gasteiger partial charge in [-0.1, -0.05) is 17.4 Å². The highest BCUT2D eigenvalue weighted by molar-refractivity contribution is 5.73. The van der Waals surface area contributed by atoms with E-state index in [-0.39, 0.29) is 12.8 Å². The number of aldehydes is 1. The average Bonchev–Trinajstić information content (AvgIpc) is 2.45. The molecule has 82 valence electrons. The first-order valence-electron chi connectivity index (χ1n) is 3.96. The Labute approximate surface area is 83.4 Å². The lowest BCUT2D eigenvalue weighted by atomic mass is 10.3. The van der Waals surface area contributed by atoms with E-state index in [4.69, 9.17) is 0 Å². The molecule has 0 saturated heterocycles. The van der Waals surface area contributed by atoms with Crippen LogP contribution in [0, 0.1) is 0 Å². The van der Waals surface area contributed by atoms with E-state index in [2.05, 4.69) is 16.9 Å². The highest BCUT2D eigenvalue weighted by Gasteiger charge is 2.39. The first-order valence-corrected chi connectivity index (χ1v) is 3.96. The van der Waals surface area contributed by atoms with Gasteiger partial charge in [0.15, 0.2) is 17.7 Å². The van der Waals surface area contributed by atoms with Gasteiger partial charge in [0.1, 0.15) is 0 Å². The van der Waals surface area contributed by atoms with E-state index >= 15 is 0 Å². The zero-order valence-electron chi connectivity index (χ0n) is 7.88. The number of hydrogen-bond acceptors (Lipinski definition) is 3. The maximum absolute atomic E-state index is 12.5. The van der Waals surface area contributed by atoms with Crippen LogP contribution in [0.2, 0.25) is 0 Å². The van der Waals surface area contributed by atoms with Gasteiger partial charge in [-0.3, -0.25) is 4.79 Å². The van der Waals surface area contributed by atoms with E-state index in [9.17, 15) is 18.0 Å².